The monoisotopic (exact) mass is 459 g/mol. The molecule has 34 heavy (non-hydrogen) atoms. The fraction of sp³-hybridized carbons (Fsp3) is 0.259. The molecule has 4 rings (SSSR count). The van der Waals surface area contributed by atoms with Crippen molar-refractivity contribution in [1.82, 2.24) is 4.90 Å². The summed E-state index contributed by atoms with van der Waals surface area (Å²) in [4.78, 5) is 29.0. The van der Waals surface area contributed by atoms with Crippen molar-refractivity contribution in [2.45, 2.75) is 13.0 Å². The summed E-state index contributed by atoms with van der Waals surface area (Å²) in [6.45, 7) is 1.95. The normalized spacial score (nSPS) is 12.8. The van der Waals surface area contributed by atoms with Gasteiger partial charge in [0.1, 0.15) is 18.1 Å². The maximum Gasteiger partial charge on any atom is 0.265 e. The van der Waals surface area contributed by atoms with Crippen molar-refractivity contribution < 1.29 is 19.1 Å². The van der Waals surface area contributed by atoms with E-state index in [2.05, 4.69) is 10.2 Å². The summed E-state index contributed by atoms with van der Waals surface area (Å²) in [7, 11) is 4.01. The number of benzene rings is 3. The van der Waals surface area contributed by atoms with Crippen molar-refractivity contribution in [2.24, 2.45) is 0 Å². The molecule has 7 heteroatoms. The third kappa shape index (κ3) is 5.94. The van der Waals surface area contributed by atoms with Crippen molar-refractivity contribution >= 4 is 23.2 Å². The SMILES string of the molecule is CN(C)CCCN1C(=O)COc2cc(C(=O)Nc3ccc(OCc4ccccc4)cc3)ccc21. The Morgan fingerprint density at radius 3 is 2.56 bits per heavy atom. The third-order valence-corrected chi connectivity index (χ3v) is 5.51. The van der Waals surface area contributed by atoms with Crippen LogP contribution >= 0.6 is 0 Å². The quantitative estimate of drug-likeness (QED) is 0.520. The summed E-state index contributed by atoms with van der Waals surface area (Å²) >= 11 is 0. The minimum atomic E-state index is -0.250. The molecule has 0 spiro atoms. The fourth-order valence-electron chi connectivity index (χ4n) is 3.71. The van der Waals surface area contributed by atoms with Gasteiger partial charge in [0.15, 0.2) is 6.61 Å². The number of carbonyl (C=O) groups is 2. The van der Waals surface area contributed by atoms with Crippen molar-refractivity contribution in [3.05, 3.63) is 83.9 Å². The number of hydrogen-bond donors (Lipinski definition) is 1. The molecule has 3 aromatic rings. The molecule has 2 amide bonds. The molecule has 0 aromatic heterocycles. The molecule has 0 atom stereocenters. The Bertz CT molecular complexity index is 1130. The van der Waals surface area contributed by atoms with Gasteiger partial charge in [-0.2, -0.15) is 0 Å². The minimum absolute atomic E-state index is 0.0233. The van der Waals surface area contributed by atoms with Gasteiger partial charge in [-0.15, -0.1) is 0 Å². The zero-order chi connectivity index (χ0) is 23.9. The smallest absolute Gasteiger partial charge is 0.265 e. The van der Waals surface area contributed by atoms with Gasteiger partial charge >= 0.3 is 0 Å². The summed E-state index contributed by atoms with van der Waals surface area (Å²) in [5.41, 5.74) is 2.92. The van der Waals surface area contributed by atoms with Crippen LogP contribution in [-0.2, 0) is 11.4 Å². The van der Waals surface area contributed by atoms with E-state index in [4.69, 9.17) is 9.47 Å². The molecule has 0 unspecified atom stereocenters. The lowest BCUT2D eigenvalue weighted by atomic mass is 10.1. The number of fused-ring (bicyclic) bond motifs is 1. The van der Waals surface area contributed by atoms with Gasteiger partial charge in [0.25, 0.3) is 11.8 Å². The van der Waals surface area contributed by atoms with Crippen LogP contribution in [0.1, 0.15) is 22.3 Å². The largest absolute Gasteiger partial charge is 0.489 e. The number of anilines is 2. The van der Waals surface area contributed by atoms with Crippen molar-refractivity contribution in [1.29, 1.82) is 0 Å². The van der Waals surface area contributed by atoms with E-state index in [-0.39, 0.29) is 18.4 Å². The van der Waals surface area contributed by atoms with E-state index < -0.39 is 0 Å². The third-order valence-electron chi connectivity index (χ3n) is 5.51. The van der Waals surface area contributed by atoms with Gasteiger partial charge in [0.2, 0.25) is 0 Å². The van der Waals surface area contributed by atoms with Crippen LogP contribution in [0, 0.1) is 0 Å². The molecule has 1 aliphatic rings. The predicted molar refractivity (Wildman–Crippen MR) is 133 cm³/mol. The van der Waals surface area contributed by atoms with E-state index in [1.807, 2.05) is 56.6 Å². The predicted octanol–water partition coefficient (Wildman–Crippen LogP) is 4.20. The number of carbonyl (C=O) groups excluding carboxylic acids is 2. The molecule has 0 saturated carbocycles. The molecule has 176 valence electrons. The lowest BCUT2D eigenvalue weighted by Gasteiger charge is -2.30. The Labute approximate surface area is 199 Å². The zero-order valence-electron chi connectivity index (χ0n) is 19.5. The van der Waals surface area contributed by atoms with Crippen LogP contribution in [0.3, 0.4) is 0 Å². The number of amides is 2. The number of ether oxygens (including phenoxy) is 2. The maximum absolute atomic E-state index is 12.8. The molecule has 7 nitrogen and oxygen atoms in total. The highest BCUT2D eigenvalue weighted by Crippen LogP contribution is 2.33. The number of rotatable bonds is 9. The van der Waals surface area contributed by atoms with Gasteiger partial charge in [-0.25, -0.2) is 0 Å². The molecule has 1 N–H and O–H groups in total. The highest BCUT2D eigenvalue weighted by atomic mass is 16.5. The topological polar surface area (TPSA) is 71.1 Å². The second-order valence-electron chi connectivity index (χ2n) is 8.43. The maximum atomic E-state index is 12.8. The van der Waals surface area contributed by atoms with Crippen LogP contribution < -0.4 is 19.7 Å². The summed E-state index contributed by atoms with van der Waals surface area (Å²) in [5, 5.41) is 2.90. The molecular weight excluding hydrogens is 430 g/mol. The van der Waals surface area contributed by atoms with Crippen LogP contribution in [0.5, 0.6) is 11.5 Å². The molecule has 0 fully saturated rings. The van der Waals surface area contributed by atoms with Gasteiger partial charge < -0.3 is 24.6 Å². The average Bonchev–Trinajstić information content (AvgIpc) is 2.85. The van der Waals surface area contributed by atoms with Crippen LogP contribution in [-0.4, -0.2) is 50.5 Å². The first-order chi connectivity index (χ1) is 16.5. The highest BCUT2D eigenvalue weighted by molar-refractivity contribution is 6.06. The highest BCUT2D eigenvalue weighted by Gasteiger charge is 2.26. The van der Waals surface area contributed by atoms with E-state index >= 15 is 0 Å². The van der Waals surface area contributed by atoms with Gasteiger partial charge in [0, 0.05) is 17.8 Å². The van der Waals surface area contributed by atoms with E-state index in [1.54, 1.807) is 35.2 Å². The second kappa shape index (κ2) is 10.9. The van der Waals surface area contributed by atoms with Crippen LogP contribution in [0.15, 0.2) is 72.8 Å². The number of hydrogen-bond acceptors (Lipinski definition) is 5. The van der Waals surface area contributed by atoms with Crippen molar-refractivity contribution in [3.8, 4) is 11.5 Å². The molecule has 0 aliphatic carbocycles. The van der Waals surface area contributed by atoms with E-state index in [1.165, 1.54) is 0 Å². The first-order valence-corrected chi connectivity index (χ1v) is 11.3. The Kier molecular flexibility index (Phi) is 7.44. The van der Waals surface area contributed by atoms with Crippen LogP contribution in [0.4, 0.5) is 11.4 Å². The Morgan fingerprint density at radius 1 is 1.06 bits per heavy atom. The first-order valence-electron chi connectivity index (χ1n) is 11.3. The molecule has 0 radical (unpaired) electrons. The summed E-state index contributed by atoms with van der Waals surface area (Å²) in [5.74, 6) is 0.947. The minimum Gasteiger partial charge on any atom is -0.489 e. The van der Waals surface area contributed by atoms with E-state index in [9.17, 15) is 9.59 Å². The van der Waals surface area contributed by atoms with Gasteiger partial charge in [0.05, 0.1) is 5.69 Å². The van der Waals surface area contributed by atoms with Gasteiger partial charge in [-0.05, 0) is 75.1 Å². The Balaban J connectivity index is 1.37. The second-order valence-corrected chi connectivity index (χ2v) is 8.43. The Morgan fingerprint density at radius 2 is 1.82 bits per heavy atom. The van der Waals surface area contributed by atoms with Crippen LogP contribution in [0.2, 0.25) is 0 Å². The van der Waals surface area contributed by atoms with E-state index in [0.29, 0.717) is 35.8 Å². The molecule has 3 aromatic carbocycles. The summed E-state index contributed by atoms with van der Waals surface area (Å²) in [6.07, 6.45) is 0.853. The molecule has 1 aliphatic heterocycles. The van der Waals surface area contributed by atoms with Gasteiger partial charge in [-0.3, -0.25) is 9.59 Å². The van der Waals surface area contributed by atoms with Crippen LogP contribution in [0.25, 0.3) is 0 Å². The molecule has 0 saturated heterocycles. The lowest BCUT2D eigenvalue weighted by molar-refractivity contribution is -0.121. The lowest BCUT2D eigenvalue weighted by Crippen LogP contribution is -2.40. The standard InChI is InChI=1S/C27H29N3O4/c1-29(2)15-6-16-30-24-14-9-21(17-25(24)34-19-26(30)31)27(32)28-22-10-12-23(13-11-22)33-18-20-7-4-3-5-8-20/h3-5,7-14,17H,6,15-16,18-19H2,1-2H3,(H,28,32). The zero-order valence-corrected chi connectivity index (χ0v) is 19.5. The average molecular weight is 460 g/mol. The number of nitrogens with zero attached hydrogens (tertiary/aromatic N) is 2. The Hall–Kier alpha value is -3.84. The summed E-state index contributed by atoms with van der Waals surface area (Å²) < 4.78 is 11.4. The first kappa shape index (κ1) is 23.3. The molecule has 1 heterocycles. The molecule has 0 bridgehead atoms. The van der Waals surface area contributed by atoms with E-state index in [0.717, 1.165) is 24.3 Å². The molecular formula is C27H29N3O4. The fourth-order valence-corrected chi connectivity index (χ4v) is 3.71. The summed E-state index contributed by atoms with van der Waals surface area (Å²) in [6, 6.07) is 22.4. The number of nitrogens with one attached hydrogen (secondary N) is 1. The van der Waals surface area contributed by atoms with Gasteiger partial charge in [-0.1, -0.05) is 30.3 Å². The van der Waals surface area contributed by atoms with Crippen molar-refractivity contribution in [3.63, 3.8) is 0 Å². The van der Waals surface area contributed by atoms with Crippen molar-refractivity contribution in [2.75, 3.05) is 44.0 Å².